The van der Waals surface area contributed by atoms with Crippen LogP contribution < -0.4 is 14.8 Å². The van der Waals surface area contributed by atoms with Crippen LogP contribution in [0, 0.1) is 0 Å². The van der Waals surface area contributed by atoms with E-state index in [0.29, 0.717) is 22.7 Å². The summed E-state index contributed by atoms with van der Waals surface area (Å²) in [6, 6.07) is 10.5. The summed E-state index contributed by atoms with van der Waals surface area (Å²) in [5, 5.41) is 2.66. The molecule has 0 saturated heterocycles. The highest BCUT2D eigenvalue weighted by molar-refractivity contribution is 9.10. The molecule has 2 aromatic carbocycles. The lowest BCUT2D eigenvalue weighted by Gasteiger charge is -2.04. The molecule has 1 aliphatic heterocycles. The fourth-order valence-corrected chi connectivity index (χ4v) is 2.88. The largest absolute Gasteiger partial charge is 0.454 e. The van der Waals surface area contributed by atoms with Crippen LogP contribution in [-0.2, 0) is 4.79 Å². The lowest BCUT2D eigenvalue weighted by molar-refractivity contribution is -0.114. The van der Waals surface area contributed by atoms with Gasteiger partial charge in [0.2, 0.25) is 12.7 Å². The van der Waals surface area contributed by atoms with E-state index in [1.807, 2.05) is 12.1 Å². The third kappa shape index (κ3) is 3.65. The molecule has 1 amide bonds. The van der Waals surface area contributed by atoms with E-state index in [2.05, 4.69) is 21.2 Å². The number of fused-ring (bicyclic) bond motifs is 1. The van der Waals surface area contributed by atoms with Crippen LogP contribution in [0.4, 0.5) is 5.69 Å². The monoisotopic (exact) mass is 387 g/mol. The molecule has 24 heavy (non-hydrogen) atoms. The summed E-state index contributed by atoms with van der Waals surface area (Å²) < 4.78 is 11.5. The number of nitrogens with one attached hydrogen (secondary N) is 1. The van der Waals surface area contributed by atoms with E-state index in [1.165, 1.54) is 13.0 Å². The maximum Gasteiger partial charge on any atom is 0.231 e. The van der Waals surface area contributed by atoms with E-state index >= 15 is 0 Å². The van der Waals surface area contributed by atoms with E-state index < -0.39 is 0 Å². The van der Waals surface area contributed by atoms with Gasteiger partial charge in [0.1, 0.15) is 0 Å². The Labute approximate surface area is 147 Å². The summed E-state index contributed by atoms with van der Waals surface area (Å²) in [7, 11) is 0. The highest BCUT2D eigenvalue weighted by Gasteiger charge is 2.17. The van der Waals surface area contributed by atoms with E-state index in [-0.39, 0.29) is 18.5 Å². The number of hydrogen-bond acceptors (Lipinski definition) is 4. The highest BCUT2D eigenvalue weighted by Crippen LogP contribution is 2.40. The molecule has 2 aromatic rings. The second-order valence-electron chi connectivity index (χ2n) is 5.20. The second kappa shape index (κ2) is 6.88. The zero-order chi connectivity index (χ0) is 17.1. The van der Waals surface area contributed by atoms with Crippen molar-refractivity contribution in [2.75, 3.05) is 12.1 Å². The first-order valence-electron chi connectivity index (χ1n) is 7.22. The molecule has 0 atom stereocenters. The SMILES string of the molecule is CC(=O)Nc1cccc(C(=O)/C=C/c2cc(Br)c3c(c2)OCO3)c1. The molecule has 122 valence electrons. The number of ether oxygens (including phenoxy) is 2. The number of rotatable bonds is 4. The van der Waals surface area contributed by atoms with E-state index in [1.54, 1.807) is 30.3 Å². The summed E-state index contributed by atoms with van der Waals surface area (Å²) >= 11 is 3.42. The highest BCUT2D eigenvalue weighted by atomic mass is 79.9. The first-order valence-corrected chi connectivity index (χ1v) is 8.01. The molecule has 0 radical (unpaired) electrons. The van der Waals surface area contributed by atoms with Crippen LogP contribution in [0.25, 0.3) is 6.08 Å². The molecule has 0 aliphatic carbocycles. The van der Waals surface area contributed by atoms with E-state index in [0.717, 1.165) is 10.0 Å². The van der Waals surface area contributed by atoms with Crippen LogP contribution in [0.5, 0.6) is 11.5 Å². The zero-order valence-corrected chi connectivity index (χ0v) is 14.4. The number of halogens is 1. The zero-order valence-electron chi connectivity index (χ0n) is 12.8. The van der Waals surface area contributed by atoms with Crippen molar-refractivity contribution in [1.82, 2.24) is 0 Å². The van der Waals surface area contributed by atoms with Gasteiger partial charge in [-0.3, -0.25) is 9.59 Å². The normalized spacial score (nSPS) is 12.4. The van der Waals surface area contributed by atoms with Crippen molar-refractivity contribution in [3.05, 3.63) is 58.1 Å². The Morgan fingerprint density at radius 2 is 2.04 bits per heavy atom. The van der Waals surface area contributed by atoms with Crippen molar-refractivity contribution in [3.8, 4) is 11.5 Å². The van der Waals surface area contributed by atoms with Crippen LogP contribution in [0.1, 0.15) is 22.8 Å². The standard InChI is InChI=1S/C18H14BrNO4/c1-11(21)20-14-4-2-3-13(9-14)16(22)6-5-12-7-15(19)18-17(8-12)23-10-24-18/h2-9H,10H2,1H3,(H,20,21)/b6-5+. The smallest absolute Gasteiger partial charge is 0.231 e. The van der Waals surface area contributed by atoms with Gasteiger partial charge in [-0.2, -0.15) is 0 Å². The third-order valence-electron chi connectivity index (χ3n) is 3.34. The number of anilines is 1. The lowest BCUT2D eigenvalue weighted by Crippen LogP contribution is -2.06. The number of carbonyl (C=O) groups excluding carboxylic acids is 2. The van der Waals surface area contributed by atoms with Crippen molar-refractivity contribution in [2.24, 2.45) is 0 Å². The number of allylic oxidation sites excluding steroid dienone is 1. The van der Waals surface area contributed by atoms with E-state index in [4.69, 9.17) is 9.47 Å². The molecule has 1 heterocycles. The molecular formula is C18H14BrNO4. The summed E-state index contributed by atoms with van der Waals surface area (Å²) in [5.41, 5.74) is 1.90. The lowest BCUT2D eigenvalue weighted by atomic mass is 10.1. The fraction of sp³-hybridized carbons (Fsp3) is 0.111. The first kappa shape index (κ1) is 16.3. The average molecular weight is 388 g/mol. The summed E-state index contributed by atoms with van der Waals surface area (Å²) in [4.78, 5) is 23.4. The minimum Gasteiger partial charge on any atom is -0.454 e. The van der Waals surface area contributed by atoms with Gasteiger partial charge in [-0.25, -0.2) is 0 Å². The molecule has 0 bridgehead atoms. The van der Waals surface area contributed by atoms with Crippen LogP contribution in [0.3, 0.4) is 0 Å². The Morgan fingerprint density at radius 3 is 2.83 bits per heavy atom. The summed E-state index contributed by atoms with van der Waals surface area (Å²) in [6.45, 7) is 1.61. The Morgan fingerprint density at radius 1 is 1.21 bits per heavy atom. The fourth-order valence-electron chi connectivity index (χ4n) is 2.31. The molecule has 5 nitrogen and oxygen atoms in total. The van der Waals surface area contributed by atoms with E-state index in [9.17, 15) is 9.59 Å². The predicted octanol–water partition coefficient (Wildman–Crippen LogP) is 4.03. The number of benzene rings is 2. The Bertz CT molecular complexity index is 845. The van der Waals surface area contributed by atoms with Gasteiger partial charge in [0.15, 0.2) is 17.3 Å². The van der Waals surface area contributed by atoms with Crippen LogP contribution in [-0.4, -0.2) is 18.5 Å². The van der Waals surface area contributed by atoms with Crippen molar-refractivity contribution in [1.29, 1.82) is 0 Å². The van der Waals surface area contributed by atoms with Crippen molar-refractivity contribution >= 4 is 39.4 Å². The summed E-state index contributed by atoms with van der Waals surface area (Å²) in [5.74, 6) is 0.974. The molecule has 1 aliphatic rings. The van der Waals surface area contributed by atoms with Gasteiger partial charge in [0.25, 0.3) is 0 Å². The van der Waals surface area contributed by atoms with Gasteiger partial charge < -0.3 is 14.8 Å². The molecule has 0 aromatic heterocycles. The Balaban J connectivity index is 1.78. The van der Waals surface area contributed by atoms with Gasteiger partial charge in [-0.05, 0) is 51.8 Å². The predicted molar refractivity (Wildman–Crippen MR) is 94.4 cm³/mol. The molecule has 3 rings (SSSR count). The van der Waals surface area contributed by atoms with Crippen LogP contribution in [0.2, 0.25) is 0 Å². The molecule has 0 unspecified atom stereocenters. The average Bonchev–Trinajstić information content (AvgIpc) is 3.01. The molecular weight excluding hydrogens is 374 g/mol. The Hall–Kier alpha value is -2.60. The third-order valence-corrected chi connectivity index (χ3v) is 3.93. The van der Waals surface area contributed by atoms with Gasteiger partial charge in [-0.1, -0.05) is 18.2 Å². The summed E-state index contributed by atoms with van der Waals surface area (Å²) in [6.07, 6.45) is 3.19. The minimum absolute atomic E-state index is 0.156. The van der Waals surface area contributed by atoms with Gasteiger partial charge in [0.05, 0.1) is 4.47 Å². The van der Waals surface area contributed by atoms with Gasteiger partial charge in [-0.15, -0.1) is 0 Å². The molecule has 6 heteroatoms. The number of amides is 1. The van der Waals surface area contributed by atoms with Crippen molar-refractivity contribution < 1.29 is 19.1 Å². The number of ketones is 1. The van der Waals surface area contributed by atoms with Gasteiger partial charge >= 0.3 is 0 Å². The van der Waals surface area contributed by atoms with Crippen molar-refractivity contribution in [3.63, 3.8) is 0 Å². The second-order valence-corrected chi connectivity index (χ2v) is 6.05. The van der Waals surface area contributed by atoms with Gasteiger partial charge in [0, 0.05) is 18.2 Å². The number of hydrogen-bond donors (Lipinski definition) is 1. The van der Waals surface area contributed by atoms with Crippen LogP contribution >= 0.6 is 15.9 Å². The van der Waals surface area contributed by atoms with Crippen molar-refractivity contribution in [2.45, 2.75) is 6.92 Å². The molecule has 0 spiro atoms. The first-order chi connectivity index (χ1) is 11.5. The Kier molecular flexibility index (Phi) is 4.66. The molecule has 0 fully saturated rings. The topological polar surface area (TPSA) is 64.6 Å². The molecule has 1 N–H and O–H groups in total. The quantitative estimate of drug-likeness (QED) is 0.635. The minimum atomic E-state index is -0.180. The number of carbonyl (C=O) groups is 2. The molecule has 0 saturated carbocycles. The van der Waals surface area contributed by atoms with Crippen LogP contribution in [0.15, 0.2) is 46.9 Å². The maximum absolute atomic E-state index is 12.3. The maximum atomic E-state index is 12.3.